The summed E-state index contributed by atoms with van der Waals surface area (Å²) in [4.78, 5) is 12.3. The highest BCUT2D eigenvalue weighted by Gasteiger charge is 2.13. The predicted octanol–water partition coefficient (Wildman–Crippen LogP) is 4.91. The van der Waals surface area contributed by atoms with E-state index in [0.717, 1.165) is 45.0 Å². The van der Waals surface area contributed by atoms with Crippen LogP contribution in [-0.4, -0.2) is 26.4 Å². The fraction of sp³-hybridized carbons (Fsp3) is 0.286. The molecule has 1 heterocycles. The van der Waals surface area contributed by atoms with Gasteiger partial charge in [0.2, 0.25) is 5.91 Å². The molecule has 0 saturated heterocycles. The van der Waals surface area contributed by atoms with Crippen LogP contribution in [0.15, 0.2) is 47.6 Å². The smallest absolute Gasteiger partial charge is 0.234 e. The van der Waals surface area contributed by atoms with Gasteiger partial charge in [0, 0.05) is 22.9 Å². The normalized spacial score (nSPS) is 10.8. The third-order valence-electron chi connectivity index (χ3n) is 4.37. The summed E-state index contributed by atoms with van der Waals surface area (Å²) >= 11 is 7.56. The summed E-state index contributed by atoms with van der Waals surface area (Å²) < 4.78 is 2.01. The minimum Gasteiger partial charge on any atom is -0.378 e. The Bertz CT molecular complexity index is 1000. The molecule has 0 aliphatic heterocycles. The molecule has 0 saturated carbocycles. The molecule has 1 aromatic heterocycles. The SMILES string of the molecule is CCn1c(CNc2ccc(C)c(Cl)c2)nnc1SCC(=O)Nc1cccc(C)c1. The van der Waals surface area contributed by atoms with Crippen molar-refractivity contribution in [3.63, 3.8) is 0 Å². The number of aryl methyl sites for hydroxylation is 2. The van der Waals surface area contributed by atoms with Crippen LogP contribution in [0.3, 0.4) is 0 Å². The minimum absolute atomic E-state index is 0.0692. The monoisotopic (exact) mass is 429 g/mol. The summed E-state index contributed by atoms with van der Waals surface area (Å²) in [6.07, 6.45) is 0. The van der Waals surface area contributed by atoms with Gasteiger partial charge in [0.15, 0.2) is 11.0 Å². The largest absolute Gasteiger partial charge is 0.378 e. The van der Waals surface area contributed by atoms with Crippen LogP contribution < -0.4 is 10.6 Å². The average Bonchev–Trinajstić information content (AvgIpc) is 3.09. The zero-order chi connectivity index (χ0) is 20.8. The third kappa shape index (κ3) is 5.74. The molecule has 0 bridgehead atoms. The second kappa shape index (κ2) is 9.80. The standard InChI is InChI=1S/C21H24ClN5OS/c1-4-27-19(12-23-16-9-8-15(3)18(22)11-16)25-26-21(27)29-13-20(28)24-17-7-5-6-14(2)10-17/h5-11,23H,4,12-13H2,1-3H3,(H,24,28). The van der Waals surface area contributed by atoms with Crippen molar-refractivity contribution in [2.24, 2.45) is 0 Å². The molecule has 2 aromatic carbocycles. The summed E-state index contributed by atoms with van der Waals surface area (Å²) in [6, 6.07) is 13.6. The van der Waals surface area contributed by atoms with Gasteiger partial charge in [-0.05, 0) is 56.2 Å². The van der Waals surface area contributed by atoms with Crippen molar-refractivity contribution < 1.29 is 4.79 Å². The molecule has 0 radical (unpaired) electrons. The maximum Gasteiger partial charge on any atom is 0.234 e. The zero-order valence-electron chi connectivity index (χ0n) is 16.7. The van der Waals surface area contributed by atoms with Gasteiger partial charge in [0.25, 0.3) is 0 Å². The van der Waals surface area contributed by atoms with Crippen LogP contribution in [0, 0.1) is 13.8 Å². The molecule has 0 aliphatic rings. The number of hydrogen-bond acceptors (Lipinski definition) is 5. The van der Waals surface area contributed by atoms with Gasteiger partial charge >= 0.3 is 0 Å². The Morgan fingerprint density at radius 3 is 2.69 bits per heavy atom. The summed E-state index contributed by atoms with van der Waals surface area (Å²) in [7, 11) is 0. The van der Waals surface area contributed by atoms with E-state index in [1.807, 2.05) is 67.8 Å². The maximum absolute atomic E-state index is 12.3. The van der Waals surface area contributed by atoms with E-state index < -0.39 is 0 Å². The number of hydrogen-bond donors (Lipinski definition) is 2. The van der Waals surface area contributed by atoms with E-state index in [2.05, 4.69) is 20.8 Å². The molecule has 0 atom stereocenters. The van der Waals surface area contributed by atoms with Gasteiger partial charge in [-0.3, -0.25) is 4.79 Å². The molecule has 152 valence electrons. The fourth-order valence-corrected chi connectivity index (χ4v) is 3.81. The Labute approximate surface area is 180 Å². The van der Waals surface area contributed by atoms with Gasteiger partial charge in [0.05, 0.1) is 12.3 Å². The van der Waals surface area contributed by atoms with Crippen LogP contribution >= 0.6 is 23.4 Å². The van der Waals surface area contributed by atoms with Gasteiger partial charge in [0.1, 0.15) is 0 Å². The number of nitrogens with zero attached hydrogens (tertiary/aromatic N) is 3. The minimum atomic E-state index is -0.0692. The van der Waals surface area contributed by atoms with Crippen LogP contribution in [0.4, 0.5) is 11.4 Å². The number of rotatable bonds is 8. The fourth-order valence-electron chi connectivity index (χ4n) is 2.81. The third-order valence-corrected chi connectivity index (χ3v) is 5.74. The summed E-state index contributed by atoms with van der Waals surface area (Å²) in [6.45, 7) is 7.25. The molecule has 29 heavy (non-hydrogen) atoms. The number of thioether (sulfide) groups is 1. The molecular formula is C21H24ClN5OS. The van der Waals surface area contributed by atoms with Crippen molar-refractivity contribution >= 4 is 40.6 Å². The van der Waals surface area contributed by atoms with E-state index in [4.69, 9.17) is 11.6 Å². The maximum atomic E-state index is 12.3. The van der Waals surface area contributed by atoms with Gasteiger partial charge in [-0.15, -0.1) is 10.2 Å². The second-order valence-electron chi connectivity index (χ2n) is 6.67. The van der Waals surface area contributed by atoms with E-state index in [1.54, 1.807) is 0 Å². The van der Waals surface area contributed by atoms with E-state index in [1.165, 1.54) is 11.8 Å². The quantitative estimate of drug-likeness (QED) is 0.498. The van der Waals surface area contributed by atoms with Crippen LogP contribution in [0.5, 0.6) is 0 Å². The Morgan fingerprint density at radius 2 is 1.97 bits per heavy atom. The highest BCUT2D eigenvalue weighted by molar-refractivity contribution is 7.99. The molecule has 0 fully saturated rings. The molecule has 2 N–H and O–H groups in total. The Hall–Kier alpha value is -2.51. The Balaban J connectivity index is 1.58. The van der Waals surface area contributed by atoms with Crippen molar-refractivity contribution in [3.05, 3.63) is 64.4 Å². The predicted molar refractivity (Wildman–Crippen MR) is 120 cm³/mol. The zero-order valence-corrected chi connectivity index (χ0v) is 18.3. The van der Waals surface area contributed by atoms with E-state index >= 15 is 0 Å². The van der Waals surface area contributed by atoms with E-state index in [-0.39, 0.29) is 11.7 Å². The number of nitrogens with one attached hydrogen (secondary N) is 2. The van der Waals surface area contributed by atoms with Gasteiger partial charge < -0.3 is 15.2 Å². The summed E-state index contributed by atoms with van der Waals surface area (Å²) in [5.74, 6) is 1.01. The molecule has 3 aromatic rings. The number of amides is 1. The molecule has 8 heteroatoms. The van der Waals surface area contributed by atoms with Crippen LogP contribution in [0.1, 0.15) is 23.9 Å². The molecule has 0 aliphatic carbocycles. The lowest BCUT2D eigenvalue weighted by molar-refractivity contribution is -0.113. The summed E-state index contributed by atoms with van der Waals surface area (Å²) in [5, 5.41) is 16.2. The lowest BCUT2D eigenvalue weighted by atomic mass is 10.2. The first-order chi connectivity index (χ1) is 14.0. The van der Waals surface area contributed by atoms with E-state index in [0.29, 0.717) is 6.54 Å². The first kappa shape index (κ1) is 21.2. The highest BCUT2D eigenvalue weighted by Crippen LogP contribution is 2.22. The molecule has 0 spiro atoms. The van der Waals surface area contributed by atoms with Crippen LogP contribution in [0.2, 0.25) is 5.02 Å². The highest BCUT2D eigenvalue weighted by atomic mass is 35.5. The molecule has 6 nitrogen and oxygen atoms in total. The number of halogens is 1. The lowest BCUT2D eigenvalue weighted by Crippen LogP contribution is -2.15. The lowest BCUT2D eigenvalue weighted by Gasteiger charge is -2.10. The van der Waals surface area contributed by atoms with Crippen LogP contribution in [-0.2, 0) is 17.9 Å². The molecular weight excluding hydrogens is 406 g/mol. The van der Waals surface area contributed by atoms with Gasteiger partial charge in [-0.2, -0.15) is 0 Å². The first-order valence-corrected chi connectivity index (χ1v) is 10.7. The van der Waals surface area contributed by atoms with Crippen molar-refractivity contribution in [2.75, 3.05) is 16.4 Å². The topological polar surface area (TPSA) is 71.8 Å². The van der Waals surface area contributed by atoms with Crippen molar-refractivity contribution in [1.29, 1.82) is 0 Å². The van der Waals surface area contributed by atoms with Crippen molar-refractivity contribution in [3.8, 4) is 0 Å². The van der Waals surface area contributed by atoms with Gasteiger partial charge in [-0.1, -0.05) is 41.6 Å². The first-order valence-electron chi connectivity index (χ1n) is 9.37. The Morgan fingerprint density at radius 1 is 1.14 bits per heavy atom. The van der Waals surface area contributed by atoms with Gasteiger partial charge in [-0.25, -0.2) is 0 Å². The number of benzene rings is 2. The second-order valence-corrected chi connectivity index (χ2v) is 8.02. The number of anilines is 2. The summed E-state index contributed by atoms with van der Waals surface area (Å²) in [5.41, 5.74) is 3.87. The van der Waals surface area contributed by atoms with Crippen LogP contribution in [0.25, 0.3) is 0 Å². The molecule has 1 amide bonds. The van der Waals surface area contributed by atoms with Crippen molar-refractivity contribution in [2.45, 2.75) is 39.0 Å². The van der Waals surface area contributed by atoms with E-state index in [9.17, 15) is 4.79 Å². The Kier molecular flexibility index (Phi) is 7.17. The average molecular weight is 430 g/mol. The van der Waals surface area contributed by atoms with Crippen molar-refractivity contribution in [1.82, 2.24) is 14.8 Å². The number of carbonyl (C=O) groups is 1. The number of aromatic nitrogens is 3. The molecule has 0 unspecified atom stereocenters. The molecule has 3 rings (SSSR count). The number of carbonyl (C=O) groups excluding carboxylic acids is 1.